The molecule has 0 atom stereocenters. The maximum atomic E-state index is 6.53. The highest BCUT2D eigenvalue weighted by atomic mass is 35.5. The van der Waals surface area contributed by atoms with E-state index in [2.05, 4.69) is 38.1 Å². The molecule has 6 heteroatoms. The number of aromatic amines is 1. The first kappa shape index (κ1) is 16.8. The van der Waals surface area contributed by atoms with Crippen LogP contribution in [-0.4, -0.2) is 32.6 Å². The van der Waals surface area contributed by atoms with E-state index >= 15 is 0 Å². The van der Waals surface area contributed by atoms with Gasteiger partial charge in [-0.25, -0.2) is 9.97 Å². The largest absolute Gasteiger partial charge is 0.359 e. The lowest BCUT2D eigenvalue weighted by Crippen LogP contribution is -2.28. The van der Waals surface area contributed by atoms with Crippen molar-refractivity contribution in [3.05, 3.63) is 47.7 Å². The van der Waals surface area contributed by atoms with Gasteiger partial charge in [0.25, 0.3) is 0 Å². The van der Waals surface area contributed by atoms with Crippen molar-refractivity contribution in [1.82, 2.24) is 24.8 Å². The summed E-state index contributed by atoms with van der Waals surface area (Å²) in [6, 6.07) is 12.2. The molecule has 1 aromatic carbocycles. The summed E-state index contributed by atoms with van der Waals surface area (Å²) in [5.74, 6) is 1.69. The molecule has 0 aliphatic carbocycles. The number of pyridine rings is 1. The molecule has 0 amide bonds. The number of fused-ring (bicyclic) bond motifs is 3. The second-order valence-corrected chi connectivity index (χ2v) is 7.63. The van der Waals surface area contributed by atoms with Crippen molar-refractivity contribution in [2.45, 2.75) is 25.8 Å². The van der Waals surface area contributed by atoms with Crippen LogP contribution < -0.4 is 5.32 Å². The van der Waals surface area contributed by atoms with E-state index in [0.29, 0.717) is 5.15 Å². The molecule has 1 aliphatic heterocycles. The molecule has 4 aromatic rings. The molecule has 138 valence electrons. The van der Waals surface area contributed by atoms with Gasteiger partial charge in [-0.05, 0) is 56.5 Å². The Morgan fingerprint density at radius 3 is 2.74 bits per heavy atom. The molecule has 0 radical (unpaired) electrons. The summed E-state index contributed by atoms with van der Waals surface area (Å²) in [6.45, 7) is 3.18. The molecule has 1 saturated heterocycles. The minimum atomic E-state index is 0.470. The third-order valence-corrected chi connectivity index (χ3v) is 5.86. The van der Waals surface area contributed by atoms with Crippen LogP contribution in [0.5, 0.6) is 0 Å². The fraction of sp³-hybridized carbons (Fsp3) is 0.333. The van der Waals surface area contributed by atoms with Crippen LogP contribution in [0.15, 0.2) is 42.6 Å². The highest BCUT2D eigenvalue weighted by molar-refractivity contribution is 6.35. The second kappa shape index (κ2) is 6.98. The van der Waals surface area contributed by atoms with Gasteiger partial charge in [-0.2, -0.15) is 0 Å². The van der Waals surface area contributed by atoms with Gasteiger partial charge in [-0.1, -0.05) is 29.8 Å². The van der Waals surface area contributed by atoms with Crippen LogP contribution in [0, 0.1) is 5.92 Å². The number of aryl methyl sites for hydroxylation is 1. The number of piperidine rings is 1. The number of benzene rings is 1. The SMILES string of the molecule is Clc1nc2ccccc2c2c1nc(-c1ccc[nH]1)n2CCC1CCNCC1. The summed E-state index contributed by atoms with van der Waals surface area (Å²) in [6.07, 6.45) is 5.57. The summed E-state index contributed by atoms with van der Waals surface area (Å²) in [5.41, 5.74) is 3.79. The average molecular weight is 380 g/mol. The van der Waals surface area contributed by atoms with Crippen LogP contribution in [0.3, 0.4) is 0 Å². The smallest absolute Gasteiger partial charge is 0.157 e. The third-order valence-electron chi connectivity index (χ3n) is 5.60. The summed E-state index contributed by atoms with van der Waals surface area (Å²) in [7, 11) is 0. The van der Waals surface area contributed by atoms with E-state index in [4.69, 9.17) is 16.6 Å². The molecular weight excluding hydrogens is 358 g/mol. The quantitative estimate of drug-likeness (QED) is 0.508. The van der Waals surface area contributed by atoms with Gasteiger partial charge in [0.05, 0.1) is 16.7 Å². The molecule has 0 unspecified atom stereocenters. The van der Waals surface area contributed by atoms with E-state index in [1.165, 1.54) is 12.8 Å². The Bertz CT molecular complexity index is 1080. The Labute approximate surface area is 162 Å². The monoisotopic (exact) mass is 379 g/mol. The minimum Gasteiger partial charge on any atom is -0.359 e. The zero-order valence-corrected chi connectivity index (χ0v) is 15.8. The van der Waals surface area contributed by atoms with Crippen molar-refractivity contribution in [2.75, 3.05) is 13.1 Å². The van der Waals surface area contributed by atoms with Gasteiger partial charge in [0.2, 0.25) is 0 Å². The highest BCUT2D eigenvalue weighted by Crippen LogP contribution is 2.33. The fourth-order valence-electron chi connectivity index (χ4n) is 4.17. The number of nitrogens with one attached hydrogen (secondary N) is 2. The number of rotatable bonds is 4. The van der Waals surface area contributed by atoms with E-state index in [-0.39, 0.29) is 0 Å². The van der Waals surface area contributed by atoms with Crippen LogP contribution in [0.1, 0.15) is 19.3 Å². The van der Waals surface area contributed by atoms with Gasteiger partial charge in [-0.15, -0.1) is 0 Å². The highest BCUT2D eigenvalue weighted by Gasteiger charge is 2.20. The fourth-order valence-corrected chi connectivity index (χ4v) is 4.40. The Hall–Kier alpha value is -2.37. The predicted octanol–water partition coefficient (Wildman–Crippen LogP) is 4.62. The lowest BCUT2D eigenvalue weighted by atomic mass is 9.94. The number of imidazole rings is 1. The van der Waals surface area contributed by atoms with Gasteiger partial charge in [0, 0.05) is 18.1 Å². The van der Waals surface area contributed by atoms with Crippen molar-refractivity contribution in [1.29, 1.82) is 0 Å². The van der Waals surface area contributed by atoms with Crippen LogP contribution in [-0.2, 0) is 6.54 Å². The molecule has 27 heavy (non-hydrogen) atoms. The first-order valence-electron chi connectivity index (χ1n) is 9.60. The Morgan fingerprint density at radius 2 is 1.93 bits per heavy atom. The standard InChI is InChI=1S/C21H22ClN5/c22-20-18-19(15-4-1-2-5-16(15)25-20)27(13-9-14-7-11-23-12-8-14)21(26-18)17-6-3-10-24-17/h1-6,10,14,23-24H,7-9,11-13H2. The van der Waals surface area contributed by atoms with Gasteiger partial charge in [0.1, 0.15) is 5.52 Å². The van der Waals surface area contributed by atoms with E-state index in [1.54, 1.807) is 0 Å². The van der Waals surface area contributed by atoms with E-state index in [1.807, 2.05) is 24.4 Å². The van der Waals surface area contributed by atoms with Crippen LogP contribution in [0.2, 0.25) is 5.15 Å². The van der Waals surface area contributed by atoms with E-state index < -0.39 is 0 Å². The summed E-state index contributed by atoms with van der Waals surface area (Å²) >= 11 is 6.53. The predicted molar refractivity (Wildman–Crippen MR) is 110 cm³/mol. The summed E-state index contributed by atoms with van der Waals surface area (Å²) in [4.78, 5) is 12.8. The maximum Gasteiger partial charge on any atom is 0.157 e. The molecule has 0 saturated carbocycles. The van der Waals surface area contributed by atoms with Crippen molar-refractivity contribution in [3.8, 4) is 11.5 Å². The molecule has 1 fully saturated rings. The Balaban J connectivity index is 1.68. The van der Waals surface area contributed by atoms with Gasteiger partial charge < -0.3 is 14.9 Å². The average Bonchev–Trinajstić information content (AvgIpc) is 3.35. The van der Waals surface area contributed by atoms with Crippen molar-refractivity contribution >= 4 is 33.5 Å². The Morgan fingerprint density at radius 1 is 1.07 bits per heavy atom. The van der Waals surface area contributed by atoms with Crippen molar-refractivity contribution in [2.24, 2.45) is 5.92 Å². The zero-order valence-electron chi connectivity index (χ0n) is 15.1. The summed E-state index contributed by atoms with van der Waals surface area (Å²) < 4.78 is 2.33. The normalized spacial score (nSPS) is 15.7. The maximum absolute atomic E-state index is 6.53. The van der Waals surface area contributed by atoms with Crippen LogP contribution >= 0.6 is 11.6 Å². The molecule has 2 N–H and O–H groups in total. The molecule has 3 aromatic heterocycles. The number of H-pyrrole nitrogens is 1. The molecule has 4 heterocycles. The molecule has 0 bridgehead atoms. The summed E-state index contributed by atoms with van der Waals surface area (Å²) in [5, 5.41) is 5.03. The molecule has 1 aliphatic rings. The molecule has 5 nitrogen and oxygen atoms in total. The zero-order chi connectivity index (χ0) is 18.2. The minimum absolute atomic E-state index is 0.470. The lowest BCUT2D eigenvalue weighted by molar-refractivity contribution is 0.340. The number of hydrogen-bond acceptors (Lipinski definition) is 3. The van der Waals surface area contributed by atoms with E-state index in [9.17, 15) is 0 Å². The van der Waals surface area contributed by atoms with Crippen LogP contribution in [0.25, 0.3) is 33.5 Å². The van der Waals surface area contributed by atoms with Crippen molar-refractivity contribution in [3.63, 3.8) is 0 Å². The first-order chi connectivity index (χ1) is 13.3. The molecule has 5 rings (SSSR count). The topological polar surface area (TPSA) is 58.5 Å². The van der Waals surface area contributed by atoms with Gasteiger partial charge in [0.15, 0.2) is 11.0 Å². The molecule has 0 spiro atoms. The second-order valence-electron chi connectivity index (χ2n) is 7.27. The van der Waals surface area contributed by atoms with Gasteiger partial charge >= 0.3 is 0 Å². The van der Waals surface area contributed by atoms with Crippen LogP contribution in [0.4, 0.5) is 0 Å². The number of halogens is 1. The third kappa shape index (κ3) is 3.01. The first-order valence-corrected chi connectivity index (χ1v) is 9.98. The van der Waals surface area contributed by atoms with Gasteiger partial charge in [-0.3, -0.25) is 0 Å². The van der Waals surface area contributed by atoms with Crippen molar-refractivity contribution < 1.29 is 0 Å². The van der Waals surface area contributed by atoms with E-state index in [0.717, 1.165) is 65.4 Å². The number of hydrogen-bond donors (Lipinski definition) is 2. The number of para-hydroxylation sites is 1. The lowest BCUT2D eigenvalue weighted by Gasteiger charge is -2.23. The Kier molecular flexibility index (Phi) is 4.34. The number of aromatic nitrogens is 4. The molecular formula is C21H22ClN5. The number of nitrogens with zero attached hydrogens (tertiary/aromatic N) is 3.